The van der Waals surface area contributed by atoms with Crippen molar-refractivity contribution < 1.29 is 4.52 Å². The molecule has 1 aromatic heterocycles. The van der Waals surface area contributed by atoms with E-state index in [4.69, 9.17) is 10.3 Å². The maximum atomic E-state index is 5.33. The molecule has 2 N–H and O–H groups in total. The number of nitrogens with two attached hydrogens (primary N) is 1. The van der Waals surface area contributed by atoms with Crippen molar-refractivity contribution in [2.45, 2.75) is 19.8 Å². The Kier molecular flexibility index (Phi) is 4.90. The van der Waals surface area contributed by atoms with E-state index in [1.165, 1.54) is 0 Å². The van der Waals surface area contributed by atoms with Crippen molar-refractivity contribution in [2.24, 2.45) is 5.73 Å². The fourth-order valence-electron chi connectivity index (χ4n) is 0.788. The average Bonchev–Trinajstić information content (AvgIpc) is 2.37. The Labute approximate surface area is 72.3 Å². The topological polar surface area (TPSA) is 52.0 Å². The number of nitrogens with zero attached hydrogens (tertiary/aromatic N) is 1. The van der Waals surface area contributed by atoms with Crippen molar-refractivity contribution in [3.63, 3.8) is 0 Å². The van der Waals surface area contributed by atoms with Gasteiger partial charge >= 0.3 is 0 Å². The van der Waals surface area contributed by atoms with Crippen molar-refractivity contribution in [2.75, 3.05) is 6.54 Å². The first-order chi connectivity index (χ1) is 4.86. The number of aryl methyl sites for hydroxylation is 1. The van der Waals surface area contributed by atoms with Crippen LogP contribution in [0.15, 0.2) is 10.6 Å². The lowest BCUT2D eigenvalue weighted by atomic mass is 10.2. The minimum absolute atomic E-state index is 0. The summed E-state index contributed by atoms with van der Waals surface area (Å²) in [6.07, 6.45) is 1.71. The molecule has 3 nitrogen and oxygen atoms in total. The minimum Gasteiger partial charge on any atom is -0.361 e. The molecule has 0 unspecified atom stereocenters. The number of hydrogen-bond acceptors (Lipinski definition) is 3. The van der Waals surface area contributed by atoms with Crippen LogP contribution in [0.25, 0.3) is 0 Å². The van der Waals surface area contributed by atoms with Gasteiger partial charge in [-0.25, -0.2) is 0 Å². The van der Waals surface area contributed by atoms with E-state index >= 15 is 0 Å². The fourth-order valence-corrected chi connectivity index (χ4v) is 0.788. The molecular formula is C7H13ClN2O. The Morgan fingerprint density at radius 3 is 2.82 bits per heavy atom. The third kappa shape index (κ3) is 2.91. The Bertz CT molecular complexity index is 200. The van der Waals surface area contributed by atoms with Gasteiger partial charge in [0.15, 0.2) is 0 Å². The van der Waals surface area contributed by atoms with Gasteiger partial charge in [0.05, 0.1) is 5.69 Å². The van der Waals surface area contributed by atoms with Gasteiger partial charge in [-0.3, -0.25) is 0 Å². The second kappa shape index (κ2) is 5.16. The first kappa shape index (κ1) is 10.5. The Balaban J connectivity index is 0.000001000. The van der Waals surface area contributed by atoms with Crippen LogP contribution in [-0.4, -0.2) is 11.7 Å². The molecule has 0 saturated carbocycles. The standard InChI is InChI=1S/C7H12N2O.ClH/c1-2-7-5-6(3-4-8)9-10-7;/h5H,2-4,8H2,1H3;1H. The summed E-state index contributed by atoms with van der Waals surface area (Å²) >= 11 is 0. The molecule has 0 atom stereocenters. The van der Waals surface area contributed by atoms with E-state index in [2.05, 4.69) is 5.16 Å². The Morgan fingerprint density at radius 1 is 1.64 bits per heavy atom. The highest BCUT2D eigenvalue weighted by atomic mass is 35.5. The van der Waals surface area contributed by atoms with E-state index in [9.17, 15) is 0 Å². The number of aromatic nitrogens is 1. The van der Waals surface area contributed by atoms with Crippen LogP contribution in [0.5, 0.6) is 0 Å². The average molecular weight is 177 g/mol. The van der Waals surface area contributed by atoms with Gasteiger partial charge in [0.2, 0.25) is 0 Å². The smallest absolute Gasteiger partial charge is 0.136 e. The molecule has 0 aromatic carbocycles. The van der Waals surface area contributed by atoms with Gasteiger partial charge in [-0.2, -0.15) is 0 Å². The Hall–Kier alpha value is -0.540. The maximum Gasteiger partial charge on any atom is 0.136 e. The van der Waals surface area contributed by atoms with Crippen LogP contribution in [0.4, 0.5) is 0 Å². The van der Waals surface area contributed by atoms with Crippen molar-refractivity contribution in [3.05, 3.63) is 17.5 Å². The molecule has 11 heavy (non-hydrogen) atoms. The highest BCUT2D eigenvalue weighted by molar-refractivity contribution is 5.85. The molecule has 0 aliphatic carbocycles. The quantitative estimate of drug-likeness (QED) is 0.752. The van der Waals surface area contributed by atoms with Gasteiger partial charge in [0, 0.05) is 18.9 Å². The molecule has 1 heterocycles. The van der Waals surface area contributed by atoms with Crippen molar-refractivity contribution in [3.8, 4) is 0 Å². The summed E-state index contributed by atoms with van der Waals surface area (Å²) in [4.78, 5) is 0. The molecule has 0 aliphatic rings. The van der Waals surface area contributed by atoms with Crippen LogP contribution >= 0.6 is 12.4 Å². The monoisotopic (exact) mass is 176 g/mol. The van der Waals surface area contributed by atoms with Crippen LogP contribution in [0.1, 0.15) is 18.4 Å². The highest BCUT2D eigenvalue weighted by Crippen LogP contribution is 2.03. The van der Waals surface area contributed by atoms with Crippen LogP contribution in [0.2, 0.25) is 0 Å². The summed E-state index contributed by atoms with van der Waals surface area (Å²) in [6, 6.07) is 1.95. The lowest BCUT2D eigenvalue weighted by Crippen LogP contribution is -2.02. The molecule has 64 valence electrons. The number of hydrogen-bond donors (Lipinski definition) is 1. The summed E-state index contributed by atoms with van der Waals surface area (Å²) in [5.74, 6) is 0.934. The van der Waals surface area contributed by atoms with Gasteiger partial charge in [-0.1, -0.05) is 12.1 Å². The molecule has 0 amide bonds. The van der Waals surface area contributed by atoms with E-state index in [-0.39, 0.29) is 12.4 Å². The summed E-state index contributed by atoms with van der Waals surface area (Å²) in [6.45, 7) is 2.67. The maximum absolute atomic E-state index is 5.33. The van der Waals surface area contributed by atoms with Crippen LogP contribution in [0, 0.1) is 0 Å². The van der Waals surface area contributed by atoms with Crippen molar-refractivity contribution in [1.82, 2.24) is 5.16 Å². The molecular weight excluding hydrogens is 164 g/mol. The predicted octanol–water partition coefficient (Wildman–Crippen LogP) is 1.16. The Morgan fingerprint density at radius 2 is 2.36 bits per heavy atom. The molecule has 1 aromatic rings. The zero-order valence-corrected chi connectivity index (χ0v) is 7.36. The summed E-state index contributed by atoms with van der Waals surface area (Å²) in [5, 5.41) is 3.82. The van der Waals surface area contributed by atoms with Gasteiger partial charge in [-0.05, 0) is 6.54 Å². The first-order valence-corrected chi connectivity index (χ1v) is 3.51. The third-order valence-electron chi connectivity index (χ3n) is 1.36. The number of rotatable bonds is 3. The van der Waals surface area contributed by atoms with Gasteiger partial charge < -0.3 is 10.3 Å². The highest BCUT2D eigenvalue weighted by Gasteiger charge is 1.99. The van der Waals surface area contributed by atoms with Crippen LogP contribution in [0.3, 0.4) is 0 Å². The molecule has 0 radical (unpaired) electrons. The predicted molar refractivity (Wildman–Crippen MR) is 45.9 cm³/mol. The minimum atomic E-state index is 0. The fraction of sp³-hybridized carbons (Fsp3) is 0.571. The SMILES string of the molecule is CCc1cc(CCN)no1.Cl. The lowest BCUT2D eigenvalue weighted by Gasteiger charge is -1.83. The zero-order chi connectivity index (χ0) is 7.40. The molecule has 0 fully saturated rings. The summed E-state index contributed by atoms with van der Waals surface area (Å²) in [5.41, 5.74) is 6.29. The van der Waals surface area contributed by atoms with E-state index in [1.54, 1.807) is 0 Å². The molecule has 0 spiro atoms. The van der Waals surface area contributed by atoms with E-state index in [1.807, 2.05) is 13.0 Å². The second-order valence-electron chi connectivity index (χ2n) is 2.18. The van der Waals surface area contributed by atoms with Crippen LogP contribution in [-0.2, 0) is 12.8 Å². The van der Waals surface area contributed by atoms with Crippen LogP contribution < -0.4 is 5.73 Å². The second-order valence-corrected chi connectivity index (χ2v) is 2.18. The molecule has 0 bridgehead atoms. The molecule has 0 saturated heterocycles. The van der Waals surface area contributed by atoms with Gasteiger partial charge in [0.25, 0.3) is 0 Å². The molecule has 1 rings (SSSR count). The van der Waals surface area contributed by atoms with Crippen molar-refractivity contribution in [1.29, 1.82) is 0 Å². The molecule has 0 aliphatic heterocycles. The number of halogens is 1. The van der Waals surface area contributed by atoms with E-state index < -0.39 is 0 Å². The normalized spacial score (nSPS) is 9.27. The molecule has 4 heteroatoms. The van der Waals surface area contributed by atoms with Crippen molar-refractivity contribution >= 4 is 12.4 Å². The summed E-state index contributed by atoms with van der Waals surface area (Å²) < 4.78 is 4.96. The first-order valence-electron chi connectivity index (χ1n) is 3.51. The van der Waals surface area contributed by atoms with E-state index in [0.717, 1.165) is 24.3 Å². The largest absolute Gasteiger partial charge is 0.361 e. The zero-order valence-electron chi connectivity index (χ0n) is 6.54. The van der Waals surface area contributed by atoms with E-state index in [0.29, 0.717) is 6.54 Å². The van der Waals surface area contributed by atoms with Gasteiger partial charge in [0.1, 0.15) is 5.76 Å². The van der Waals surface area contributed by atoms with Gasteiger partial charge in [-0.15, -0.1) is 12.4 Å². The third-order valence-corrected chi connectivity index (χ3v) is 1.36. The summed E-state index contributed by atoms with van der Waals surface area (Å²) in [7, 11) is 0. The lowest BCUT2D eigenvalue weighted by molar-refractivity contribution is 0.380.